The first-order chi connectivity index (χ1) is 6.89. The molecule has 1 aromatic rings. The van der Waals surface area contributed by atoms with Gasteiger partial charge in [0.2, 0.25) is 5.91 Å². The molecule has 1 rings (SSSR count). The summed E-state index contributed by atoms with van der Waals surface area (Å²) < 4.78 is 36.8. The molecule has 0 aromatic heterocycles. The topological polar surface area (TPSA) is 43.1 Å². The molecule has 0 aliphatic heterocycles. The highest BCUT2D eigenvalue weighted by molar-refractivity contribution is 5.75. The Morgan fingerprint density at radius 3 is 2.60 bits per heavy atom. The van der Waals surface area contributed by atoms with Crippen LogP contribution in [0, 0.1) is 6.42 Å². The summed E-state index contributed by atoms with van der Waals surface area (Å²) in [5, 5.41) is 0. The van der Waals surface area contributed by atoms with Crippen LogP contribution in [0.3, 0.4) is 0 Å². The van der Waals surface area contributed by atoms with E-state index in [2.05, 4.69) is 0 Å². The molecule has 1 amide bonds. The lowest BCUT2D eigenvalue weighted by Crippen LogP contribution is -2.10. The monoisotopic (exact) mass is 216 g/mol. The van der Waals surface area contributed by atoms with Gasteiger partial charge < -0.3 is 5.73 Å². The summed E-state index contributed by atoms with van der Waals surface area (Å²) in [7, 11) is 0. The third-order valence-electron chi connectivity index (χ3n) is 1.75. The minimum atomic E-state index is -4.36. The molecule has 2 nitrogen and oxygen atoms in total. The van der Waals surface area contributed by atoms with Crippen molar-refractivity contribution in [1.29, 1.82) is 0 Å². The maximum absolute atomic E-state index is 12.3. The molecule has 15 heavy (non-hydrogen) atoms. The van der Waals surface area contributed by atoms with Gasteiger partial charge >= 0.3 is 6.18 Å². The SMILES string of the molecule is NC(=O)C[CH]c1cccc(C(F)(F)F)c1. The fourth-order valence-electron chi connectivity index (χ4n) is 1.06. The van der Waals surface area contributed by atoms with Gasteiger partial charge in [0.1, 0.15) is 0 Å². The van der Waals surface area contributed by atoms with Gasteiger partial charge in [0.05, 0.1) is 5.56 Å². The molecule has 0 saturated carbocycles. The smallest absolute Gasteiger partial charge is 0.370 e. The van der Waals surface area contributed by atoms with Crippen LogP contribution in [0.5, 0.6) is 0 Å². The van der Waals surface area contributed by atoms with Gasteiger partial charge in [-0.15, -0.1) is 0 Å². The highest BCUT2D eigenvalue weighted by Gasteiger charge is 2.30. The third-order valence-corrected chi connectivity index (χ3v) is 1.75. The molecule has 0 spiro atoms. The zero-order valence-corrected chi connectivity index (χ0v) is 7.71. The van der Waals surface area contributed by atoms with Gasteiger partial charge in [0.15, 0.2) is 0 Å². The molecule has 0 aliphatic rings. The molecule has 0 unspecified atom stereocenters. The molecule has 0 saturated heterocycles. The Hall–Kier alpha value is -1.52. The first-order valence-corrected chi connectivity index (χ1v) is 4.18. The number of carbonyl (C=O) groups is 1. The summed E-state index contributed by atoms with van der Waals surface area (Å²) in [6, 6.07) is 4.72. The van der Waals surface area contributed by atoms with E-state index in [0.29, 0.717) is 5.56 Å². The Labute approximate surface area is 84.9 Å². The average molecular weight is 216 g/mol. The van der Waals surface area contributed by atoms with Crippen molar-refractivity contribution in [2.24, 2.45) is 5.73 Å². The number of halogens is 3. The summed E-state index contributed by atoms with van der Waals surface area (Å²) in [6.07, 6.45) is -3.07. The van der Waals surface area contributed by atoms with E-state index in [4.69, 9.17) is 5.73 Å². The highest BCUT2D eigenvalue weighted by Crippen LogP contribution is 2.29. The second-order valence-electron chi connectivity index (χ2n) is 3.00. The number of carbonyl (C=O) groups excluding carboxylic acids is 1. The Morgan fingerprint density at radius 1 is 1.40 bits per heavy atom. The van der Waals surface area contributed by atoms with E-state index in [9.17, 15) is 18.0 Å². The second kappa shape index (κ2) is 4.33. The lowest BCUT2D eigenvalue weighted by atomic mass is 10.1. The summed E-state index contributed by atoms with van der Waals surface area (Å²) in [5.41, 5.74) is 4.47. The Kier molecular flexibility index (Phi) is 3.34. The minimum absolute atomic E-state index is 0.0681. The normalized spacial score (nSPS) is 11.4. The van der Waals surface area contributed by atoms with Crippen molar-refractivity contribution in [1.82, 2.24) is 0 Å². The molecule has 0 fully saturated rings. The molecule has 0 heterocycles. The van der Waals surface area contributed by atoms with Crippen molar-refractivity contribution >= 4 is 5.91 Å². The van der Waals surface area contributed by atoms with E-state index in [0.717, 1.165) is 12.1 Å². The van der Waals surface area contributed by atoms with Crippen LogP contribution >= 0.6 is 0 Å². The van der Waals surface area contributed by atoms with Gasteiger partial charge in [-0.05, 0) is 18.1 Å². The molecule has 81 valence electrons. The maximum atomic E-state index is 12.3. The van der Waals surface area contributed by atoms with Crippen molar-refractivity contribution in [3.8, 4) is 0 Å². The van der Waals surface area contributed by atoms with Crippen molar-refractivity contribution in [2.75, 3.05) is 0 Å². The Balaban J connectivity index is 2.79. The van der Waals surface area contributed by atoms with Crippen LogP contribution in [0.2, 0.25) is 0 Å². The van der Waals surface area contributed by atoms with E-state index in [1.54, 1.807) is 0 Å². The molecule has 0 aliphatic carbocycles. The highest BCUT2D eigenvalue weighted by atomic mass is 19.4. The number of hydrogen-bond donors (Lipinski definition) is 1. The standard InChI is InChI=1S/C10H9F3NO/c11-10(12,13)8-3-1-2-7(6-8)4-5-9(14)15/h1-4,6H,5H2,(H2,14,15). The van der Waals surface area contributed by atoms with Crippen molar-refractivity contribution in [2.45, 2.75) is 12.6 Å². The predicted octanol–water partition coefficient (Wildman–Crippen LogP) is 2.13. The third kappa shape index (κ3) is 3.61. The molecule has 1 radical (unpaired) electrons. The van der Waals surface area contributed by atoms with E-state index in [-0.39, 0.29) is 6.42 Å². The minimum Gasteiger partial charge on any atom is -0.370 e. The molecule has 5 heteroatoms. The quantitative estimate of drug-likeness (QED) is 0.826. The number of benzene rings is 1. The maximum Gasteiger partial charge on any atom is 0.416 e. The van der Waals surface area contributed by atoms with E-state index in [1.807, 2.05) is 0 Å². The Bertz CT molecular complexity index is 360. The molecule has 0 atom stereocenters. The zero-order valence-electron chi connectivity index (χ0n) is 7.71. The number of hydrogen-bond acceptors (Lipinski definition) is 1. The van der Waals surface area contributed by atoms with Crippen LogP contribution in [0.4, 0.5) is 13.2 Å². The molecule has 0 bridgehead atoms. The largest absolute Gasteiger partial charge is 0.416 e. The second-order valence-corrected chi connectivity index (χ2v) is 3.00. The van der Waals surface area contributed by atoms with Gasteiger partial charge in [-0.1, -0.05) is 18.2 Å². The van der Waals surface area contributed by atoms with Crippen molar-refractivity contribution < 1.29 is 18.0 Å². The van der Waals surface area contributed by atoms with Crippen LogP contribution < -0.4 is 5.73 Å². The van der Waals surface area contributed by atoms with Crippen LogP contribution in [-0.4, -0.2) is 5.91 Å². The fourth-order valence-corrected chi connectivity index (χ4v) is 1.06. The van der Waals surface area contributed by atoms with Crippen molar-refractivity contribution in [3.63, 3.8) is 0 Å². The number of alkyl halides is 3. The van der Waals surface area contributed by atoms with Crippen LogP contribution in [-0.2, 0) is 11.0 Å². The van der Waals surface area contributed by atoms with Crippen LogP contribution in [0.15, 0.2) is 24.3 Å². The predicted molar refractivity (Wildman–Crippen MR) is 48.7 cm³/mol. The average Bonchev–Trinajstić information content (AvgIpc) is 2.14. The zero-order chi connectivity index (χ0) is 11.5. The van der Waals surface area contributed by atoms with Gasteiger partial charge in [-0.3, -0.25) is 4.79 Å². The number of nitrogens with two attached hydrogens (primary N) is 1. The fraction of sp³-hybridized carbons (Fsp3) is 0.200. The van der Waals surface area contributed by atoms with Gasteiger partial charge in [0, 0.05) is 6.42 Å². The first-order valence-electron chi connectivity index (χ1n) is 4.18. The van der Waals surface area contributed by atoms with E-state index < -0.39 is 17.6 Å². The first kappa shape index (κ1) is 11.6. The number of amides is 1. The summed E-state index contributed by atoms with van der Waals surface area (Å²) in [6.45, 7) is 0. The summed E-state index contributed by atoms with van der Waals surface area (Å²) in [4.78, 5) is 10.4. The lowest BCUT2D eigenvalue weighted by molar-refractivity contribution is -0.137. The molecule has 2 N–H and O–H groups in total. The van der Waals surface area contributed by atoms with Gasteiger partial charge in [-0.25, -0.2) is 0 Å². The van der Waals surface area contributed by atoms with Crippen LogP contribution in [0.25, 0.3) is 0 Å². The van der Waals surface area contributed by atoms with E-state index >= 15 is 0 Å². The number of rotatable bonds is 3. The van der Waals surface area contributed by atoms with E-state index in [1.165, 1.54) is 18.6 Å². The summed E-state index contributed by atoms with van der Waals surface area (Å²) >= 11 is 0. The van der Waals surface area contributed by atoms with Gasteiger partial charge in [0.25, 0.3) is 0 Å². The van der Waals surface area contributed by atoms with Gasteiger partial charge in [-0.2, -0.15) is 13.2 Å². The Morgan fingerprint density at radius 2 is 2.07 bits per heavy atom. The molecular weight excluding hydrogens is 207 g/mol. The van der Waals surface area contributed by atoms with Crippen molar-refractivity contribution in [3.05, 3.63) is 41.8 Å². The number of primary amides is 1. The molecular formula is C10H9F3NO. The lowest BCUT2D eigenvalue weighted by Gasteiger charge is -2.07. The van der Waals surface area contributed by atoms with Crippen LogP contribution in [0.1, 0.15) is 17.5 Å². The summed E-state index contributed by atoms with van der Waals surface area (Å²) in [5.74, 6) is -0.576. The molecule has 1 aromatic carbocycles.